The molecule has 4 aromatic rings. The molecule has 0 aliphatic heterocycles. The molecule has 118 valence electrons. The number of nitrogens with zero attached hydrogens (tertiary/aromatic N) is 4. The van der Waals surface area contributed by atoms with Gasteiger partial charge in [-0.2, -0.15) is 9.61 Å². The molecule has 2 aromatic heterocycles. The smallest absolute Gasteiger partial charge is 0.186 e. The van der Waals surface area contributed by atoms with Crippen LogP contribution in [-0.4, -0.2) is 19.8 Å². The maximum Gasteiger partial charge on any atom is 0.212 e. The van der Waals surface area contributed by atoms with Crippen molar-refractivity contribution >= 4 is 29.0 Å². The van der Waals surface area contributed by atoms with Gasteiger partial charge in [0, 0.05) is 11.3 Å². The number of fused-ring (bicyclic) bond motifs is 1. The Morgan fingerprint density at radius 1 is 0.917 bits per heavy atom. The van der Waals surface area contributed by atoms with Crippen LogP contribution in [-0.2, 0) is 5.75 Å². The second-order valence-electron chi connectivity index (χ2n) is 5.24. The van der Waals surface area contributed by atoms with Gasteiger partial charge in [-0.05, 0) is 17.2 Å². The van der Waals surface area contributed by atoms with E-state index in [1.165, 1.54) is 5.56 Å². The molecule has 0 spiro atoms. The van der Waals surface area contributed by atoms with E-state index in [9.17, 15) is 0 Å². The molecule has 2 heterocycles. The largest absolute Gasteiger partial charge is 0.212 e. The highest BCUT2D eigenvalue weighted by molar-refractivity contribution is 7.98. The summed E-state index contributed by atoms with van der Waals surface area (Å²) in [5.74, 6) is 0.807. The van der Waals surface area contributed by atoms with Crippen LogP contribution in [0.1, 0.15) is 5.56 Å². The van der Waals surface area contributed by atoms with Gasteiger partial charge in [0.15, 0.2) is 10.8 Å². The second kappa shape index (κ2) is 6.63. The molecule has 0 amide bonds. The van der Waals surface area contributed by atoms with Crippen LogP contribution >= 0.6 is 23.4 Å². The molecule has 4 nitrogen and oxygen atoms in total. The second-order valence-corrected chi connectivity index (χ2v) is 6.54. The minimum atomic E-state index is 0.440. The summed E-state index contributed by atoms with van der Waals surface area (Å²) in [5.41, 5.74) is 3.79. The van der Waals surface area contributed by atoms with E-state index in [4.69, 9.17) is 11.6 Å². The van der Waals surface area contributed by atoms with Crippen LogP contribution in [0.15, 0.2) is 71.9 Å². The number of hydrogen-bond acceptors (Lipinski definition) is 4. The number of aromatic nitrogens is 4. The Morgan fingerprint density at radius 3 is 2.38 bits per heavy atom. The van der Waals surface area contributed by atoms with Crippen LogP contribution in [0.4, 0.5) is 0 Å². The molecule has 0 radical (unpaired) electrons. The van der Waals surface area contributed by atoms with Crippen LogP contribution in [0, 0.1) is 0 Å². The van der Waals surface area contributed by atoms with Gasteiger partial charge in [-0.1, -0.05) is 84.0 Å². The van der Waals surface area contributed by atoms with E-state index in [0.717, 1.165) is 22.0 Å². The van der Waals surface area contributed by atoms with Crippen molar-refractivity contribution < 1.29 is 0 Å². The lowest BCUT2D eigenvalue weighted by molar-refractivity contribution is 0.810. The van der Waals surface area contributed by atoms with E-state index in [2.05, 4.69) is 27.4 Å². The van der Waals surface area contributed by atoms with Gasteiger partial charge in [-0.3, -0.25) is 0 Å². The fourth-order valence-corrected chi connectivity index (χ4v) is 3.51. The van der Waals surface area contributed by atoms with Crippen LogP contribution in [0.2, 0.25) is 5.15 Å². The van der Waals surface area contributed by atoms with Crippen LogP contribution < -0.4 is 0 Å². The Morgan fingerprint density at radius 2 is 1.62 bits per heavy atom. The van der Waals surface area contributed by atoms with Gasteiger partial charge in [0.05, 0.1) is 0 Å². The number of benzene rings is 2. The zero-order valence-electron chi connectivity index (χ0n) is 12.6. The van der Waals surface area contributed by atoms with E-state index >= 15 is 0 Å². The molecule has 0 atom stereocenters. The highest BCUT2D eigenvalue weighted by Gasteiger charge is 2.13. The molecule has 4 rings (SSSR count). The summed E-state index contributed by atoms with van der Waals surface area (Å²) in [5, 5.41) is 14.1. The van der Waals surface area contributed by atoms with Gasteiger partial charge < -0.3 is 0 Å². The lowest BCUT2D eigenvalue weighted by Crippen LogP contribution is -1.96. The lowest BCUT2D eigenvalue weighted by Gasteiger charge is -2.05. The molecule has 6 heteroatoms. The monoisotopic (exact) mass is 352 g/mol. The maximum atomic E-state index is 6.39. The van der Waals surface area contributed by atoms with Crippen molar-refractivity contribution in [2.45, 2.75) is 10.9 Å². The van der Waals surface area contributed by atoms with E-state index in [1.54, 1.807) is 16.3 Å². The third kappa shape index (κ3) is 3.00. The third-order valence-corrected chi connectivity index (χ3v) is 4.88. The molecular weight excluding hydrogens is 340 g/mol. The molecule has 0 N–H and O–H groups in total. The summed E-state index contributed by atoms with van der Waals surface area (Å²) in [4.78, 5) is 0. The van der Waals surface area contributed by atoms with Crippen LogP contribution in [0.3, 0.4) is 0 Å². The summed E-state index contributed by atoms with van der Waals surface area (Å²) >= 11 is 7.98. The Hall–Kier alpha value is -2.37. The zero-order valence-corrected chi connectivity index (χ0v) is 14.2. The first kappa shape index (κ1) is 15.2. The molecule has 0 saturated heterocycles. The van der Waals surface area contributed by atoms with Crippen molar-refractivity contribution in [3.05, 3.63) is 77.4 Å². The van der Waals surface area contributed by atoms with E-state index in [0.29, 0.717) is 10.8 Å². The number of thioether (sulfide) groups is 1. The fourth-order valence-electron chi connectivity index (χ4n) is 2.42. The molecule has 0 aliphatic carbocycles. The Bertz CT molecular complexity index is 970. The first-order valence-electron chi connectivity index (χ1n) is 7.45. The van der Waals surface area contributed by atoms with Crippen molar-refractivity contribution in [2.75, 3.05) is 0 Å². The Kier molecular flexibility index (Phi) is 4.19. The topological polar surface area (TPSA) is 43.1 Å². The maximum absolute atomic E-state index is 6.39. The predicted octanol–water partition coefficient (Wildman–Crippen LogP) is 4.74. The first-order chi connectivity index (χ1) is 11.8. The van der Waals surface area contributed by atoms with Crippen LogP contribution in [0.5, 0.6) is 0 Å². The van der Waals surface area contributed by atoms with Gasteiger partial charge in [-0.25, -0.2) is 0 Å². The van der Waals surface area contributed by atoms with E-state index in [-0.39, 0.29) is 0 Å². The lowest BCUT2D eigenvalue weighted by atomic mass is 10.1. The van der Waals surface area contributed by atoms with Gasteiger partial charge >= 0.3 is 0 Å². The summed E-state index contributed by atoms with van der Waals surface area (Å²) in [6.45, 7) is 0. The van der Waals surface area contributed by atoms with Gasteiger partial charge in [0.1, 0.15) is 0 Å². The summed E-state index contributed by atoms with van der Waals surface area (Å²) in [6, 6.07) is 22.1. The van der Waals surface area contributed by atoms with Crippen molar-refractivity contribution in [1.29, 1.82) is 0 Å². The molecular formula is C18H13ClN4S. The highest BCUT2D eigenvalue weighted by Crippen LogP contribution is 2.28. The molecule has 0 bridgehead atoms. The minimum absolute atomic E-state index is 0.440. The molecule has 0 fully saturated rings. The molecule has 0 unspecified atom stereocenters. The average Bonchev–Trinajstić information content (AvgIpc) is 3.03. The molecule has 0 saturated carbocycles. The summed E-state index contributed by atoms with van der Waals surface area (Å²) in [6.07, 6.45) is 0. The zero-order chi connectivity index (χ0) is 16.4. The third-order valence-electron chi connectivity index (χ3n) is 3.62. The van der Waals surface area contributed by atoms with E-state index < -0.39 is 0 Å². The Balaban J connectivity index is 1.66. The number of halogens is 1. The van der Waals surface area contributed by atoms with Gasteiger partial charge in [-0.15, -0.1) is 10.2 Å². The Labute approximate surface area is 148 Å². The summed E-state index contributed by atoms with van der Waals surface area (Å²) < 4.78 is 1.70. The minimum Gasteiger partial charge on any atom is -0.186 e. The molecule has 0 aliphatic rings. The van der Waals surface area contributed by atoms with Gasteiger partial charge in [0.2, 0.25) is 5.16 Å². The highest BCUT2D eigenvalue weighted by atomic mass is 35.5. The van der Waals surface area contributed by atoms with Crippen LogP contribution in [0.25, 0.3) is 16.8 Å². The van der Waals surface area contributed by atoms with Gasteiger partial charge in [0.25, 0.3) is 0 Å². The quantitative estimate of drug-likeness (QED) is 0.498. The van der Waals surface area contributed by atoms with E-state index in [1.807, 2.05) is 54.6 Å². The van der Waals surface area contributed by atoms with Crippen molar-refractivity contribution in [3.8, 4) is 11.1 Å². The average molecular weight is 353 g/mol. The number of rotatable bonds is 4. The fraction of sp³-hybridized carbons (Fsp3) is 0.0556. The standard InChI is InChI=1S/C18H13ClN4S/c19-17-15(14-9-5-2-6-10-14)11-16-20-21-18(23(16)22-17)24-12-13-7-3-1-4-8-13/h1-11H,12H2. The SMILES string of the molecule is Clc1nn2c(SCc3ccccc3)nnc2cc1-c1ccccc1. The summed E-state index contributed by atoms with van der Waals surface area (Å²) in [7, 11) is 0. The normalized spacial score (nSPS) is 11.0. The van der Waals surface area contributed by atoms with Crippen molar-refractivity contribution in [2.24, 2.45) is 0 Å². The molecule has 24 heavy (non-hydrogen) atoms. The predicted molar refractivity (Wildman–Crippen MR) is 97.2 cm³/mol. The van der Waals surface area contributed by atoms with Crippen molar-refractivity contribution in [1.82, 2.24) is 19.8 Å². The van der Waals surface area contributed by atoms with Crippen molar-refractivity contribution in [3.63, 3.8) is 0 Å². The molecule has 2 aromatic carbocycles. The first-order valence-corrected chi connectivity index (χ1v) is 8.82. The number of hydrogen-bond donors (Lipinski definition) is 0.